The monoisotopic (exact) mass is 438 g/mol. The van der Waals surface area contributed by atoms with E-state index in [9.17, 15) is 8.42 Å². The summed E-state index contributed by atoms with van der Waals surface area (Å²) in [5.74, 6) is 2.77. The molecule has 0 unspecified atom stereocenters. The Morgan fingerprint density at radius 1 is 1.20 bits per heavy atom. The molecular weight excluding hydrogens is 404 g/mol. The first kappa shape index (κ1) is 22.7. The van der Waals surface area contributed by atoms with Crippen molar-refractivity contribution >= 4 is 15.8 Å². The Hall–Kier alpha value is -2.00. The fourth-order valence-corrected chi connectivity index (χ4v) is 5.15. The van der Waals surface area contributed by atoms with Crippen molar-refractivity contribution in [3.63, 3.8) is 0 Å². The van der Waals surface area contributed by atoms with Crippen molar-refractivity contribution in [1.29, 1.82) is 0 Å². The number of nitrogens with zero attached hydrogens (tertiary/aromatic N) is 2. The summed E-state index contributed by atoms with van der Waals surface area (Å²) < 4.78 is 34.9. The molecule has 3 rings (SSSR count). The van der Waals surface area contributed by atoms with Gasteiger partial charge in [0.2, 0.25) is 0 Å². The molecule has 30 heavy (non-hydrogen) atoms. The van der Waals surface area contributed by atoms with Gasteiger partial charge in [-0.05, 0) is 31.7 Å². The molecule has 1 aliphatic carbocycles. The van der Waals surface area contributed by atoms with Gasteiger partial charge in [0.1, 0.15) is 0 Å². The van der Waals surface area contributed by atoms with Crippen LogP contribution in [0.4, 0.5) is 0 Å². The van der Waals surface area contributed by atoms with E-state index < -0.39 is 9.84 Å². The first-order chi connectivity index (χ1) is 14.5. The molecule has 1 aromatic rings. The average molecular weight is 439 g/mol. The number of para-hydroxylation sites is 1. The van der Waals surface area contributed by atoms with Gasteiger partial charge in [-0.3, -0.25) is 9.89 Å². The average Bonchev–Trinajstić information content (AvgIpc) is 3.25. The predicted molar refractivity (Wildman–Crippen MR) is 119 cm³/mol. The molecular formula is C21H34N4O4S. The molecule has 8 nitrogen and oxygen atoms in total. The van der Waals surface area contributed by atoms with Crippen LogP contribution in [0.25, 0.3) is 0 Å². The van der Waals surface area contributed by atoms with Gasteiger partial charge in [0.15, 0.2) is 27.3 Å². The van der Waals surface area contributed by atoms with Gasteiger partial charge in [0, 0.05) is 45.3 Å². The summed E-state index contributed by atoms with van der Waals surface area (Å²) in [6, 6.07) is 5.94. The molecule has 0 bridgehead atoms. The van der Waals surface area contributed by atoms with Gasteiger partial charge in [0.05, 0.1) is 24.7 Å². The number of nitrogens with one attached hydrogen (secondary N) is 2. The molecule has 2 aliphatic rings. The zero-order valence-electron chi connectivity index (χ0n) is 18.0. The van der Waals surface area contributed by atoms with Crippen LogP contribution in [0.3, 0.4) is 0 Å². The van der Waals surface area contributed by atoms with Crippen molar-refractivity contribution in [2.24, 2.45) is 4.99 Å². The van der Waals surface area contributed by atoms with E-state index in [4.69, 9.17) is 9.47 Å². The summed E-state index contributed by atoms with van der Waals surface area (Å²) in [6.07, 6.45) is 4.86. The van der Waals surface area contributed by atoms with Crippen LogP contribution in [-0.2, 0) is 16.4 Å². The Bertz CT molecular complexity index is 808. The minimum atomic E-state index is -2.84. The molecule has 1 saturated heterocycles. The zero-order chi connectivity index (χ0) is 21.4. The van der Waals surface area contributed by atoms with Crippen molar-refractivity contribution in [2.45, 2.75) is 38.3 Å². The second kappa shape index (κ2) is 10.9. The van der Waals surface area contributed by atoms with Crippen LogP contribution in [0, 0.1) is 0 Å². The van der Waals surface area contributed by atoms with Gasteiger partial charge in [-0.25, -0.2) is 8.42 Å². The number of ether oxygens (including phenoxy) is 2. The van der Waals surface area contributed by atoms with Crippen LogP contribution < -0.4 is 20.1 Å². The first-order valence-electron chi connectivity index (χ1n) is 10.7. The second-order valence-electron chi connectivity index (χ2n) is 7.82. The number of guanidine groups is 1. The molecule has 0 spiro atoms. The molecule has 1 aliphatic heterocycles. The van der Waals surface area contributed by atoms with Gasteiger partial charge in [-0.1, -0.05) is 12.1 Å². The van der Waals surface area contributed by atoms with Crippen molar-refractivity contribution in [1.82, 2.24) is 15.5 Å². The number of aliphatic imine (C=N–C) groups is 1. The van der Waals surface area contributed by atoms with E-state index in [0.717, 1.165) is 36.4 Å². The summed E-state index contributed by atoms with van der Waals surface area (Å²) in [4.78, 5) is 6.46. The Balaban J connectivity index is 1.50. The van der Waals surface area contributed by atoms with Crippen molar-refractivity contribution < 1.29 is 17.9 Å². The highest BCUT2D eigenvalue weighted by atomic mass is 32.2. The molecule has 9 heteroatoms. The standard InChI is InChI=1S/C21H34N4O4S/c1-22-21(23-10-11-25-12-14-30(26,27)15-13-25)24-16-17-6-5-9-19(28-2)20(17)29-18-7-3-4-8-18/h5-6,9,18H,3-4,7-8,10-16H2,1-2H3,(H2,22,23,24). The third kappa shape index (κ3) is 6.50. The highest BCUT2D eigenvalue weighted by molar-refractivity contribution is 7.91. The number of hydrogen-bond acceptors (Lipinski definition) is 6. The normalized spacial score (nSPS) is 20.1. The number of sulfone groups is 1. The minimum Gasteiger partial charge on any atom is -0.493 e. The van der Waals surface area contributed by atoms with Crippen LogP contribution >= 0.6 is 0 Å². The zero-order valence-corrected chi connectivity index (χ0v) is 18.8. The van der Waals surface area contributed by atoms with Gasteiger partial charge < -0.3 is 20.1 Å². The summed E-state index contributed by atoms with van der Waals surface area (Å²) in [6.45, 7) is 3.25. The van der Waals surface area contributed by atoms with E-state index in [2.05, 4.69) is 20.5 Å². The Morgan fingerprint density at radius 3 is 2.60 bits per heavy atom. The maximum absolute atomic E-state index is 11.5. The summed E-state index contributed by atoms with van der Waals surface area (Å²) in [5, 5.41) is 6.65. The van der Waals surface area contributed by atoms with Crippen molar-refractivity contribution in [3.8, 4) is 11.5 Å². The lowest BCUT2D eigenvalue weighted by atomic mass is 10.1. The quantitative estimate of drug-likeness (QED) is 0.468. The van der Waals surface area contributed by atoms with Crippen LogP contribution in [-0.4, -0.2) is 77.2 Å². The Kier molecular flexibility index (Phi) is 8.21. The van der Waals surface area contributed by atoms with Crippen LogP contribution in [0.5, 0.6) is 11.5 Å². The lowest BCUT2D eigenvalue weighted by Crippen LogP contribution is -2.45. The van der Waals surface area contributed by atoms with E-state index in [0.29, 0.717) is 32.1 Å². The minimum absolute atomic E-state index is 0.250. The van der Waals surface area contributed by atoms with Crippen molar-refractivity contribution in [3.05, 3.63) is 23.8 Å². The largest absolute Gasteiger partial charge is 0.493 e. The molecule has 0 atom stereocenters. The number of methoxy groups -OCH3 is 1. The highest BCUT2D eigenvalue weighted by Crippen LogP contribution is 2.34. The maximum Gasteiger partial charge on any atom is 0.191 e. The first-order valence-corrected chi connectivity index (χ1v) is 12.5. The molecule has 0 aromatic heterocycles. The number of rotatable bonds is 8. The molecule has 2 fully saturated rings. The second-order valence-corrected chi connectivity index (χ2v) is 10.1. The topological polar surface area (TPSA) is 92.3 Å². The van der Waals surface area contributed by atoms with Gasteiger partial charge in [-0.2, -0.15) is 0 Å². The van der Waals surface area contributed by atoms with Gasteiger partial charge >= 0.3 is 0 Å². The molecule has 1 aromatic carbocycles. The van der Waals surface area contributed by atoms with E-state index in [1.54, 1.807) is 14.2 Å². The SMILES string of the molecule is CN=C(NCCN1CCS(=O)(=O)CC1)NCc1cccc(OC)c1OC1CCCC1. The molecule has 1 heterocycles. The van der Waals surface area contributed by atoms with Crippen molar-refractivity contribution in [2.75, 3.05) is 51.8 Å². The van der Waals surface area contributed by atoms with E-state index in [1.165, 1.54) is 12.8 Å². The summed E-state index contributed by atoms with van der Waals surface area (Å²) in [5.41, 5.74) is 1.03. The maximum atomic E-state index is 11.5. The Morgan fingerprint density at radius 2 is 1.93 bits per heavy atom. The van der Waals surface area contributed by atoms with Crippen LogP contribution in [0.2, 0.25) is 0 Å². The third-order valence-electron chi connectivity index (χ3n) is 5.69. The van der Waals surface area contributed by atoms with Crippen LogP contribution in [0.15, 0.2) is 23.2 Å². The molecule has 1 saturated carbocycles. The lowest BCUT2D eigenvalue weighted by molar-refractivity contribution is 0.198. The smallest absolute Gasteiger partial charge is 0.191 e. The molecule has 0 radical (unpaired) electrons. The summed E-state index contributed by atoms with van der Waals surface area (Å²) in [7, 11) is 0.567. The van der Waals surface area contributed by atoms with E-state index >= 15 is 0 Å². The number of hydrogen-bond donors (Lipinski definition) is 2. The fraction of sp³-hybridized carbons (Fsp3) is 0.667. The predicted octanol–water partition coefficient (Wildman–Crippen LogP) is 1.41. The van der Waals surface area contributed by atoms with Gasteiger partial charge in [-0.15, -0.1) is 0 Å². The van der Waals surface area contributed by atoms with E-state index in [1.807, 2.05) is 18.2 Å². The highest BCUT2D eigenvalue weighted by Gasteiger charge is 2.22. The third-order valence-corrected chi connectivity index (χ3v) is 7.30. The van der Waals surface area contributed by atoms with E-state index in [-0.39, 0.29) is 17.6 Å². The number of benzene rings is 1. The van der Waals surface area contributed by atoms with Gasteiger partial charge in [0.25, 0.3) is 0 Å². The Labute approximate surface area is 180 Å². The molecule has 168 valence electrons. The lowest BCUT2D eigenvalue weighted by Gasteiger charge is -2.26. The van der Waals surface area contributed by atoms with Crippen LogP contribution in [0.1, 0.15) is 31.2 Å². The summed E-state index contributed by atoms with van der Waals surface area (Å²) >= 11 is 0. The molecule has 2 N–H and O–H groups in total. The molecule has 0 amide bonds. The fourth-order valence-electron chi connectivity index (χ4n) is 3.87.